The number of hydrogen-bond acceptors (Lipinski definition) is 0. The minimum Gasteiger partial charge on any atom is -0.103 e. The second-order valence-electron chi connectivity index (χ2n) is 5.29. The average Bonchev–Trinajstić information content (AvgIpc) is 2.42. The highest BCUT2D eigenvalue weighted by Crippen LogP contribution is 2.23. The van der Waals surface area contributed by atoms with Gasteiger partial charge in [0.05, 0.1) is 0 Å². The lowest BCUT2D eigenvalue weighted by atomic mass is 9.91. The lowest BCUT2D eigenvalue weighted by molar-refractivity contribution is 0.847. The largest absolute Gasteiger partial charge is 0.103 e. The Labute approximate surface area is 116 Å². The fourth-order valence-corrected chi connectivity index (χ4v) is 2.55. The van der Waals surface area contributed by atoms with E-state index in [9.17, 15) is 0 Å². The third-order valence-corrected chi connectivity index (χ3v) is 3.54. The molecule has 0 atom stereocenters. The minimum atomic E-state index is 0.572. The van der Waals surface area contributed by atoms with Crippen LogP contribution in [0.15, 0.2) is 61.2 Å². The molecule has 19 heavy (non-hydrogen) atoms. The van der Waals surface area contributed by atoms with Crippen molar-refractivity contribution in [3.05, 3.63) is 83.4 Å². The second-order valence-corrected chi connectivity index (χ2v) is 5.29. The van der Waals surface area contributed by atoms with Crippen molar-refractivity contribution < 1.29 is 0 Å². The molecule has 0 saturated carbocycles. The number of benzene rings is 2. The highest BCUT2D eigenvalue weighted by atomic mass is 14.1. The van der Waals surface area contributed by atoms with Gasteiger partial charge in [-0.1, -0.05) is 68.5 Å². The van der Waals surface area contributed by atoms with Crippen LogP contribution in [-0.4, -0.2) is 0 Å². The van der Waals surface area contributed by atoms with Crippen molar-refractivity contribution in [1.82, 2.24) is 0 Å². The van der Waals surface area contributed by atoms with Crippen molar-refractivity contribution >= 4 is 0 Å². The van der Waals surface area contributed by atoms with Crippen LogP contribution in [0.1, 0.15) is 42.0 Å². The normalized spacial score (nSPS) is 10.7. The summed E-state index contributed by atoms with van der Waals surface area (Å²) in [4.78, 5) is 0. The summed E-state index contributed by atoms with van der Waals surface area (Å²) in [5.41, 5.74) is 5.69. The molecular formula is C19H22. The minimum absolute atomic E-state index is 0.572. The molecule has 0 nitrogen and oxygen atoms in total. The smallest absolute Gasteiger partial charge is 0.00201 e. The SMILES string of the molecule is C=CCc1ccccc1Cc1ccccc1C(C)C. The van der Waals surface area contributed by atoms with Crippen LogP contribution in [0.3, 0.4) is 0 Å². The molecule has 0 fully saturated rings. The van der Waals surface area contributed by atoms with Crippen molar-refractivity contribution in [3.8, 4) is 0 Å². The standard InChI is InChI=1S/C19H22/c1-4-9-16-10-5-6-11-17(16)14-18-12-7-8-13-19(18)15(2)3/h4-8,10-13,15H,1,9,14H2,2-3H3. The van der Waals surface area contributed by atoms with Crippen LogP contribution in [-0.2, 0) is 12.8 Å². The third kappa shape index (κ3) is 3.35. The Bertz CT molecular complexity index is 549. The first kappa shape index (κ1) is 13.6. The molecule has 0 aliphatic heterocycles. The Kier molecular flexibility index (Phi) is 4.57. The van der Waals surface area contributed by atoms with Gasteiger partial charge in [0, 0.05) is 0 Å². The molecule has 0 amide bonds. The predicted molar refractivity (Wildman–Crippen MR) is 83.7 cm³/mol. The van der Waals surface area contributed by atoms with Crippen molar-refractivity contribution in [1.29, 1.82) is 0 Å². The Morgan fingerprint density at radius 3 is 2.11 bits per heavy atom. The van der Waals surface area contributed by atoms with Gasteiger partial charge in [-0.2, -0.15) is 0 Å². The monoisotopic (exact) mass is 250 g/mol. The fraction of sp³-hybridized carbons (Fsp3) is 0.263. The van der Waals surface area contributed by atoms with E-state index >= 15 is 0 Å². The zero-order valence-corrected chi connectivity index (χ0v) is 11.9. The summed E-state index contributed by atoms with van der Waals surface area (Å²) in [5, 5.41) is 0. The van der Waals surface area contributed by atoms with E-state index in [1.54, 1.807) is 0 Å². The highest BCUT2D eigenvalue weighted by Gasteiger charge is 2.08. The van der Waals surface area contributed by atoms with E-state index in [1.165, 1.54) is 22.3 Å². The van der Waals surface area contributed by atoms with Crippen LogP contribution < -0.4 is 0 Å². The summed E-state index contributed by atoms with van der Waals surface area (Å²) in [6.45, 7) is 8.37. The maximum atomic E-state index is 3.85. The maximum Gasteiger partial charge on any atom is -0.00201 e. The van der Waals surface area contributed by atoms with Gasteiger partial charge in [0.25, 0.3) is 0 Å². The van der Waals surface area contributed by atoms with E-state index < -0.39 is 0 Å². The van der Waals surface area contributed by atoms with Gasteiger partial charge in [-0.15, -0.1) is 6.58 Å². The number of allylic oxidation sites excluding steroid dienone is 1. The molecule has 0 radical (unpaired) electrons. The molecule has 0 aliphatic rings. The van der Waals surface area contributed by atoms with Gasteiger partial charge in [0.1, 0.15) is 0 Å². The molecule has 2 aromatic rings. The second kappa shape index (κ2) is 6.38. The van der Waals surface area contributed by atoms with Gasteiger partial charge < -0.3 is 0 Å². The Balaban J connectivity index is 2.33. The van der Waals surface area contributed by atoms with Crippen LogP contribution >= 0.6 is 0 Å². The number of rotatable bonds is 5. The van der Waals surface area contributed by atoms with Crippen molar-refractivity contribution in [3.63, 3.8) is 0 Å². The van der Waals surface area contributed by atoms with Gasteiger partial charge in [-0.3, -0.25) is 0 Å². The Morgan fingerprint density at radius 2 is 1.47 bits per heavy atom. The summed E-state index contributed by atoms with van der Waals surface area (Å²) < 4.78 is 0. The molecule has 0 unspecified atom stereocenters. The third-order valence-electron chi connectivity index (χ3n) is 3.54. The molecular weight excluding hydrogens is 228 g/mol. The zero-order chi connectivity index (χ0) is 13.7. The summed E-state index contributed by atoms with van der Waals surface area (Å²) in [7, 11) is 0. The highest BCUT2D eigenvalue weighted by molar-refractivity contribution is 5.38. The topological polar surface area (TPSA) is 0 Å². The van der Waals surface area contributed by atoms with E-state index in [0.717, 1.165) is 12.8 Å². The maximum absolute atomic E-state index is 3.85. The fourth-order valence-electron chi connectivity index (χ4n) is 2.55. The molecule has 2 aromatic carbocycles. The van der Waals surface area contributed by atoms with E-state index in [1.807, 2.05) is 6.08 Å². The van der Waals surface area contributed by atoms with Crippen LogP contribution in [0, 0.1) is 0 Å². The first-order chi connectivity index (χ1) is 9.22. The first-order valence-electron chi connectivity index (χ1n) is 6.98. The van der Waals surface area contributed by atoms with Crippen LogP contribution in [0.4, 0.5) is 0 Å². The lowest BCUT2D eigenvalue weighted by Gasteiger charge is -2.14. The van der Waals surface area contributed by atoms with Crippen LogP contribution in [0.5, 0.6) is 0 Å². The molecule has 0 bridgehead atoms. The summed E-state index contributed by atoms with van der Waals surface area (Å²) in [6.07, 6.45) is 3.94. The van der Waals surface area contributed by atoms with Crippen LogP contribution in [0.25, 0.3) is 0 Å². The van der Waals surface area contributed by atoms with Crippen LogP contribution in [0.2, 0.25) is 0 Å². The summed E-state index contributed by atoms with van der Waals surface area (Å²) in [6, 6.07) is 17.4. The lowest BCUT2D eigenvalue weighted by Crippen LogP contribution is -2.00. The van der Waals surface area contributed by atoms with E-state index in [-0.39, 0.29) is 0 Å². The van der Waals surface area contributed by atoms with Gasteiger partial charge in [0.15, 0.2) is 0 Å². The molecule has 0 spiro atoms. The van der Waals surface area contributed by atoms with Crippen molar-refractivity contribution in [2.24, 2.45) is 0 Å². The molecule has 0 aromatic heterocycles. The molecule has 0 aliphatic carbocycles. The van der Waals surface area contributed by atoms with Crippen molar-refractivity contribution in [2.45, 2.75) is 32.6 Å². The first-order valence-corrected chi connectivity index (χ1v) is 6.98. The van der Waals surface area contributed by atoms with E-state index in [4.69, 9.17) is 0 Å². The summed E-state index contributed by atoms with van der Waals surface area (Å²) >= 11 is 0. The molecule has 0 heterocycles. The molecule has 0 heteroatoms. The average molecular weight is 250 g/mol. The zero-order valence-electron chi connectivity index (χ0n) is 11.9. The Hall–Kier alpha value is -1.82. The van der Waals surface area contributed by atoms with Gasteiger partial charge in [-0.05, 0) is 41.0 Å². The Morgan fingerprint density at radius 1 is 0.895 bits per heavy atom. The van der Waals surface area contributed by atoms with E-state index in [2.05, 4.69) is 69.0 Å². The molecule has 98 valence electrons. The molecule has 0 N–H and O–H groups in total. The number of hydrogen-bond donors (Lipinski definition) is 0. The predicted octanol–water partition coefficient (Wildman–Crippen LogP) is 5.13. The quantitative estimate of drug-likeness (QED) is 0.645. The molecule has 0 saturated heterocycles. The van der Waals surface area contributed by atoms with E-state index in [0.29, 0.717) is 5.92 Å². The molecule has 2 rings (SSSR count). The van der Waals surface area contributed by atoms with Gasteiger partial charge in [-0.25, -0.2) is 0 Å². The van der Waals surface area contributed by atoms with Crippen molar-refractivity contribution in [2.75, 3.05) is 0 Å². The van der Waals surface area contributed by atoms with Gasteiger partial charge >= 0.3 is 0 Å². The summed E-state index contributed by atoms with van der Waals surface area (Å²) in [5.74, 6) is 0.572. The van der Waals surface area contributed by atoms with Gasteiger partial charge in [0.2, 0.25) is 0 Å².